The zero-order chi connectivity index (χ0) is 23.4. The molecule has 35 heavy (non-hydrogen) atoms. The zero-order valence-electron chi connectivity index (χ0n) is 20.4. The second kappa shape index (κ2) is 15.3. The van der Waals surface area contributed by atoms with E-state index in [1.165, 1.54) is 42.1 Å². The van der Waals surface area contributed by atoms with Crippen LogP contribution in [-0.2, 0) is 5.75 Å². The standard InChI is InChI=1S/C28H34N4S2.ClH/c1-24-26(23-34-28-12-5-6-14-30-28)29-15-13-27(24)33-22-8-17-32-20-18-31(19-21-32)16-7-11-25-9-3-2-4-10-25;/h2-7,9-15H,8,16-23H2,1H3;1H. The number of thioether (sulfide) groups is 2. The van der Waals surface area contributed by atoms with E-state index in [0.29, 0.717) is 0 Å². The van der Waals surface area contributed by atoms with E-state index in [4.69, 9.17) is 0 Å². The highest BCUT2D eigenvalue weighted by atomic mass is 35.5. The second-order valence-electron chi connectivity index (χ2n) is 8.49. The molecular formula is C28H35ClN4S2. The fourth-order valence-corrected chi connectivity index (χ4v) is 5.87. The van der Waals surface area contributed by atoms with Crippen molar-refractivity contribution in [2.45, 2.75) is 29.0 Å². The Labute approximate surface area is 225 Å². The molecule has 0 spiro atoms. The fraction of sp³-hybridized carbons (Fsp3) is 0.357. The van der Waals surface area contributed by atoms with Crippen LogP contribution >= 0.6 is 35.9 Å². The molecule has 1 aliphatic heterocycles. The van der Waals surface area contributed by atoms with Crippen LogP contribution in [0, 0.1) is 6.92 Å². The summed E-state index contributed by atoms with van der Waals surface area (Å²) in [4.78, 5) is 15.6. The molecule has 1 fully saturated rings. The SMILES string of the molecule is Cc1c(SCCCN2CCN(CC=Cc3ccccc3)CC2)ccnc1CSc1ccccn1.Cl. The van der Waals surface area contributed by atoms with Gasteiger partial charge in [-0.3, -0.25) is 9.88 Å². The highest BCUT2D eigenvalue weighted by Crippen LogP contribution is 2.28. The molecule has 4 rings (SSSR count). The molecule has 0 aliphatic carbocycles. The average molecular weight is 527 g/mol. The van der Waals surface area contributed by atoms with Gasteiger partial charge in [-0.25, -0.2) is 4.98 Å². The number of nitrogens with zero attached hydrogens (tertiary/aromatic N) is 4. The Kier molecular flexibility index (Phi) is 12.1. The van der Waals surface area contributed by atoms with E-state index < -0.39 is 0 Å². The van der Waals surface area contributed by atoms with Gasteiger partial charge in [-0.1, -0.05) is 48.6 Å². The van der Waals surface area contributed by atoms with Gasteiger partial charge in [-0.15, -0.1) is 35.9 Å². The van der Waals surface area contributed by atoms with Crippen molar-refractivity contribution in [1.82, 2.24) is 19.8 Å². The minimum atomic E-state index is 0. The predicted octanol–water partition coefficient (Wildman–Crippen LogP) is 6.31. The van der Waals surface area contributed by atoms with Gasteiger partial charge in [0.25, 0.3) is 0 Å². The quantitative estimate of drug-likeness (QED) is 0.215. The maximum absolute atomic E-state index is 4.62. The normalized spacial score (nSPS) is 14.8. The molecule has 0 atom stereocenters. The Bertz CT molecular complexity index is 1030. The van der Waals surface area contributed by atoms with Crippen LogP contribution in [0.25, 0.3) is 6.08 Å². The van der Waals surface area contributed by atoms with Gasteiger partial charge in [0, 0.05) is 55.8 Å². The number of aromatic nitrogens is 2. The Morgan fingerprint density at radius 3 is 2.40 bits per heavy atom. The van der Waals surface area contributed by atoms with Crippen LogP contribution in [0.5, 0.6) is 0 Å². The lowest BCUT2D eigenvalue weighted by atomic mass is 10.2. The van der Waals surface area contributed by atoms with Crippen molar-refractivity contribution < 1.29 is 0 Å². The summed E-state index contributed by atoms with van der Waals surface area (Å²) in [5.41, 5.74) is 3.76. The van der Waals surface area contributed by atoms with Gasteiger partial charge < -0.3 is 4.90 Å². The van der Waals surface area contributed by atoms with E-state index >= 15 is 0 Å². The van der Waals surface area contributed by atoms with E-state index in [2.05, 4.69) is 81.3 Å². The Morgan fingerprint density at radius 2 is 1.63 bits per heavy atom. The third-order valence-electron chi connectivity index (χ3n) is 6.07. The minimum absolute atomic E-state index is 0. The van der Waals surface area contributed by atoms with Gasteiger partial charge in [0.15, 0.2) is 0 Å². The third-order valence-corrected chi connectivity index (χ3v) is 8.27. The van der Waals surface area contributed by atoms with Gasteiger partial charge in [0.2, 0.25) is 0 Å². The monoisotopic (exact) mass is 526 g/mol. The first kappa shape index (κ1) is 27.8. The van der Waals surface area contributed by atoms with Crippen LogP contribution < -0.4 is 0 Å². The van der Waals surface area contributed by atoms with Crippen molar-refractivity contribution in [2.24, 2.45) is 0 Å². The molecule has 2 aromatic heterocycles. The number of hydrogen-bond donors (Lipinski definition) is 0. The number of rotatable bonds is 11. The molecule has 0 bridgehead atoms. The first-order chi connectivity index (χ1) is 16.8. The molecule has 1 aliphatic rings. The maximum Gasteiger partial charge on any atom is 0.0963 e. The van der Waals surface area contributed by atoms with Crippen LogP contribution in [-0.4, -0.2) is 64.8 Å². The summed E-state index contributed by atoms with van der Waals surface area (Å²) < 4.78 is 0. The molecule has 0 amide bonds. The first-order valence-corrected chi connectivity index (χ1v) is 14.0. The second-order valence-corrected chi connectivity index (χ2v) is 10.6. The van der Waals surface area contributed by atoms with Crippen molar-refractivity contribution in [3.63, 3.8) is 0 Å². The highest BCUT2D eigenvalue weighted by Gasteiger charge is 2.15. The molecule has 0 N–H and O–H groups in total. The van der Waals surface area contributed by atoms with E-state index in [1.54, 1.807) is 11.8 Å². The number of benzene rings is 1. The summed E-state index contributed by atoms with van der Waals surface area (Å²) in [5, 5.41) is 1.05. The summed E-state index contributed by atoms with van der Waals surface area (Å²) in [6.07, 6.45) is 9.54. The molecule has 3 heterocycles. The molecule has 4 nitrogen and oxygen atoms in total. The van der Waals surface area contributed by atoms with Gasteiger partial charge in [0.1, 0.15) is 0 Å². The van der Waals surface area contributed by atoms with Gasteiger partial charge in [-0.2, -0.15) is 0 Å². The number of halogens is 1. The van der Waals surface area contributed by atoms with Crippen molar-refractivity contribution in [2.75, 3.05) is 45.0 Å². The van der Waals surface area contributed by atoms with Crippen LogP contribution in [0.4, 0.5) is 0 Å². The number of piperazine rings is 1. The van der Waals surface area contributed by atoms with Crippen molar-refractivity contribution in [3.8, 4) is 0 Å². The molecule has 1 aromatic carbocycles. The molecule has 186 valence electrons. The van der Waals surface area contributed by atoms with E-state index in [-0.39, 0.29) is 12.4 Å². The largest absolute Gasteiger partial charge is 0.301 e. The summed E-state index contributed by atoms with van der Waals surface area (Å²) in [5.74, 6) is 2.01. The summed E-state index contributed by atoms with van der Waals surface area (Å²) in [7, 11) is 0. The summed E-state index contributed by atoms with van der Waals surface area (Å²) in [6.45, 7) is 9.10. The molecule has 7 heteroatoms. The lowest BCUT2D eigenvalue weighted by Gasteiger charge is -2.34. The summed E-state index contributed by atoms with van der Waals surface area (Å²) >= 11 is 3.72. The van der Waals surface area contributed by atoms with Crippen molar-refractivity contribution in [1.29, 1.82) is 0 Å². The van der Waals surface area contributed by atoms with Crippen molar-refractivity contribution in [3.05, 3.63) is 89.9 Å². The van der Waals surface area contributed by atoms with Gasteiger partial charge in [-0.05, 0) is 55.0 Å². The van der Waals surface area contributed by atoms with Crippen LogP contribution in [0.2, 0.25) is 0 Å². The molecule has 0 radical (unpaired) electrons. The smallest absolute Gasteiger partial charge is 0.0963 e. The topological polar surface area (TPSA) is 32.3 Å². The third kappa shape index (κ3) is 9.28. The highest BCUT2D eigenvalue weighted by molar-refractivity contribution is 7.99. The molecule has 1 saturated heterocycles. The predicted molar refractivity (Wildman–Crippen MR) is 154 cm³/mol. The maximum atomic E-state index is 4.62. The van der Waals surface area contributed by atoms with Crippen LogP contribution in [0.1, 0.15) is 23.2 Å². The minimum Gasteiger partial charge on any atom is -0.301 e. The van der Waals surface area contributed by atoms with E-state index in [0.717, 1.165) is 41.9 Å². The Morgan fingerprint density at radius 1 is 0.857 bits per heavy atom. The van der Waals surface area contributed by atoms with E-state index in [9.17, 15) is 0 Å². The molecular weight excluding hydrogens is 492 g/mol. The van der Waals surface area contributed by atoms with E-state index in [1.807, 2.05) is 36.3 Å². The fourth-order valence-electron chi connectivity index (χ4n) is 4.00. The number of pyridine rings is 2. The first-order valence-electron chi connectivity index (χ1n) is 12.1. The Balaban J connectivity index is 0.00000342. The lowest BCUT2D eigenvalue weighted by molar-refractivity contribution is 0.143. The summed E-state index contributed by atoms with van der Waals surface area (Å²) in [6, 6.07) is 18.8. The van der Waals surface area contributed by atoms with Gasteiger partial charge in [0.05, 0.1) is 10.7 Å². The van der Waals surface area contributed by atoms with Gasteiger partial charge >= 0.3 is 0 Å². The molecule has 0 saturated carbocycles. The average Bonchev–Trinajstić information content (AvgIpc) is 2.89. The Hall–Kier alpha value is -1.83. The van der Waals surface area contributed by atoms with Crippen LogP contribution in [0.15, 0.2) is 83.0 Å². The lowest BCUT2D eigenvalue weighted by Crippen LogP contribution is -2.46. The molecule has 0 unspecified atom stereocenters. The van der Waals surface area contributed by atoms with Crippen LogP contribution in [0.3, 0.4) is 0 Å². The molecule has 3 aromatic rings. The van der Waals surface area contributed by atoms with Crippen molar-refractivity contribution >= 4 is 42.0 Å². The number of hydrogen-bond acceptors (Lipinski definition) is 6. The zero-order valence-corrected chi connectivity index (χ0v) is 22.8.